The zero-order valence-corrected chi connectivity index (χ0v) is 16.7. The number of carbonyl (C=O) groups excluding carboxylic acids is 1. The van der Waals surface area contributed by atoms with E-state index < -0.39 is 0 Å². The molecule has 0 saturated carbocycles. The SMILES string of the molecule is COc1ccc(-c2nc(CSCC(=O)NCc3ccc4c(c3)OCO4)co2)cc1. The Balaban J connectivity index is 1.21. The molecule has 1 amide bonds. The highest BCUT2D eigenvalue weighted by molar-refractivity contribution is 7.99. The van der Waals surface area contributed by atoms with Gasteiger partial charge in [-0.25, -0.2) is 4.98 Å². The van der Waals surface area contributed by atoms with Crippen molar-refractivity contribution in [1.29, 1.82) is 0 Å². The molecule has 0 radical (unpaired) electrons. The van der Waals surface area contributed by atoms with Gasteiger partial charge in [-0.3, -0.25) is 4.79 Å². The normalized spacial score (nSPS) is 12.0. The molecule has 29 heavy (non-hydrogen) atoms. The fourth-order valence-corrected chi connectivity index (χ4v) is 3.52. The van der Waals surface area contributed by atoms with Crippen molar-refractivity contribution >= 4 is 17.7 Å². The summed E-state index contributed by atoms with van der Waals surface area (Å²) < 4.78 is 21.3. The van der Waals surface area contributed by atoms with Crippen LogP contribution in [0.1, 0.15) is 11.3 Å². The molecule has 2 heterocycles. The van der Waals surface area contributed by atoms with Crippen LogP contribution in [0.2, 0.25) is 0 Å². The Labute approximate surface area is 172 Å². The summed E-state index contributed by atoms with van der Waals surface area (Å²) >= 11 is 1.49. The molecule has 0 fully saturated rings. The molecule has 8 heteroatoms. The lowest BCUT2D eigenvalue weighted by Crippen LogP contribution is -2.24. The van der Waals surface area contributed by atoms with E-state index in [1.165, 1.54) is 11.8 Å². The summed E-state index contributed by atoms with van der Waals surface area (Å²) in [6, 6.07) is 13.2. The van der Waals surface area contributed by atoms with Crippen LogP contribution in [0, 0.1) is 0 Å². The second-order valence-corrected chi connectivity index (χ2v) is 7.32. The average Bonchev–Trinajstić information content (AvgIpc) is 3.41. The van der Waals surface area contributed by atoms with Crippen molar-refractivity contribution in [3.8, 4) is 28.7 Å². The third kappa shape index (κ3) is 4.83. The predicted molar refractivity (Wildman–Crippen MR) is 109 cm³/mol. The summed E-state index contributed by atoms with van der Waals surface area (Å²) in [4.78, 5) is 16.6. The first-order valence-electron chi connectivity index (χ1n) is 9.03. The van der Waals surface area contributed by atoms with E-state index in [4.69, 9.17) is 18.6 Å². The van der Waals surface area contributed by atoms with Crippen molar-refractivity contribution in [1.82, 2.24) is 10.3 Å². The van der Waals surface area contributed by atoms with Gasteiger partial charge in [-0.2, -0.15) is 0 Å². The Morgan fingerprint density at radius 3 is 2.83 bits per heavy atom. The maximum Gasteiger partial charge on any atom is 0.231 e. The molecule has 0 aliphatic carbocycles. The largest absolute Gasteiger partial charge is 0.497 e. The minimum atomic E-state index is -0.0356. The highest BCUT2D eigenvalue weighted by atomic mass is 32.2. The molecular formula is C21H20N2O5S. The highest BCUT2D eigenvalue weighted by Crippen LogP contribution is 2.32. The van der Waals surface area contributed by atoms with Gasteiger partial charge >= 0.3 is 0 Å². The molecular weight excluding hydrogens is 392 g/mol. The molecule has 1 N–H and O–H groups in total. The number of amides is 1. The van der Waals surface area contributed by atoms with Gasteiger partial charge in [-0.05, 0) is 42.0 Å². The Morgan fingerprint density at radius 1 is 1.17 bits per heavy atom. The van der Waals surface area contributed by atoms with Gasteiger partial charge in [0.15, 0.2) is 11.5 Å². The molecule has 0 unspecified atom stereocenters. The lowest BCUT2D eigenvalue weighted by Gasteiger charge is -2.06. The van der Waals surface area contributed by atoms with E-state index >= 15 is 0 Å². The Hall–Kier alpha value is -3.13. The fraction of sp³-hybridized carbons (Fsp3) is 0.238. The van der Waals surface area contributed by atoms with Gasteiger partial charge < -0.3 is 23.9 Å². The summed E-state index contributed by atoms with van der Waals surface area (Å²) in [7, 11) is 1.63. The van der Waals surface area contributed by atoms with E-state index in [0.29, 0.717) is 29.7 Å². The zero-order valence-electron chi connectivity index (χ0n) is 15.8. The van der Waals surface area contributed by atoms with E-state index in [2.05, 4.69) is 10.3 Å². The van der Waals surface area contributed by atoms with E-state index in [-0.39, 0.29) is 12.7 Å². The monoisotopic (exact) mass is 412 g/mol. The highest BCUT2D eigenvalue weighted by Gasteiger charge is 2.13. The van der Waals surface area contributed by atoms with Crippen molar-refractivity contribution in [2.45, 2.75) is 12.3 Å². The smallest absolute Gasteiger partial charge is 0.231 e. The van der Waals surface area contributed by atoms with Crippen LogP contribution in [0.5, 0.6) is 17.2 Å². The molecule has 7 nitrogen and oxygen atoms in total. The second-order valence-electron chi connectivity index (χ2n) is 6.33. The number of hydrogen-bond acceptors (Lipinski definition) is 7. The second kappa shape index (κ2) is 8.91. The number of thioether (sulfide) groups is 1. The van der Waals surface area contributed by atoms with Crippen LogP contribution >= 0.6 is 11.8 Å². The van der Waals surface area contributed by atoms with Gasteiger partial charge in [0.25, 0.3) is 0 Å². The number of fused-ring (bicyclic) bond motifs is 1. The maximum absolute atomic E-state index is 12.1. The molecule has 4 rings (SSSR count). The van der Waals surface area contributed by atoms with Crippen molar-refractivity contribution in [2.75, 3.05) is 19.7 Å². The van der Waals surface area contributed by atoms with Crippen molar-refractivity contribution in [3.63, 3.8) is 0 Å². The summed E-state index contributed by atoms with van der Waals surface area (Å²) in [5, 5.41) is 2.91. The number of aromatic nitrogens is 1. The number of hydrogen-bond donors (Lipinski definition) is 1. The average molecular weight is 412 g/mol. The van der Waals surface area contributed by atoms with Gasteiger partial charge in [0.1, 0.15) is 12.0 Å². The first-order valence-corrected chi connectivity index (χ1v) is 10.2. The van der Waals surface area contributed by atoms with Crippen molar-refractivity contribution < 1.29 is 23.4 Å². The number of nitrogens with zero attached hydrogens (tertiary/aromatic N) is 1. The third-order valence-corrected chi connectivity index (χ3v) is 5.26. The molecule has 3 aromatic rings. The quantitative estimate of drug-likeness (QED) is 0.605. The fourth-order valence-electron chi connectivity index (χ4n) is 2.79. The maximum atomic E-state index is 12.1. The van der Waals surface area contributed by atoms with Crippen LogP contribution in [-0.2, 0) is 17.1 Å². The number of oxazole rings is 1. The minimum Gasteiger partial charge on any atom is -0.497 e. The summed E-state index contributed by atoms with van der Waals surface area (Å²) in [6.07, 6.45) is 1.62. The summed E-state index contributed by atoms with van der Waals surface area (Å²) in [5.41, 5.74) is 2.64. The van der Waals surface area contributed by atoms with Gasteiger partial charge in [0, 0.05) is 17.9 Å². The number of benzene rings is 2. The lowest BCUT2D eigenvalue weighted by atomic mass is 10.2. The van der Waals surface area contributed by atoms with Gasteiger partial charge in [0.2, 0.25) is 18.6 Å². The third-order valence-electron chi connectivity index (χ3n) is 4.30. The summed E-state index contributed by atoms with van der Waals surface area (Å²) in [5.74, 6) is 3.68. The topological polar surface area (TPSA) is 82.8 Å². The molecule has 1 aliphatic heterocycles. The number of ether oxygens (including phenoxy) is 3. The van der Waals surface area contributed by atoms with Gasteiger partial charge in [-0.15, -0.1) is 11.8 Å². The standard InChI is InChI=1S/C21H20N2O5S/c1-25-17-5-3-15(4-6-17)21-23-16(10-26-21)11-29-12-20(24)22-9-14-2-7-18-19(8-14)28-13-27-18/h2-8,10H,9,11-13H2,1H3,(H,22,24). The van der Waals surface area contributed by atoms with Crippen LogP contribution in [0.25, 0.3) is 11.5 Å². The van der Waals surface area contributed by atoms with E-state index in [0.717, 1.165) is 28.3 Å². The summed E-state index contributed by atoms with van der Waals surface area (Å²) in [6.45, 7) is 0.686. The van der Waals surface area contributed by atoms with Crippen LogP contribution in [-0.4, -0.2) is 30.5 Å². The van der Waals surface area contributed by atoms with Gasteiger partial charge in [0.05, 0.1) is 18.6 Å². The molecule has 0 atom stereocenters. The molecule has 1 aromatic heterocycles. The molecule has 2 aromatic carbocycles. The number of nitrogens with one attached hydrogen (secondary N) is 1. The Kier molecular flexibility index (Phi) is 5.90. The zero-order chi connectivity index (χ0) is 20.1. The van der Waals surface area contributed by atoms with Crippen molar-refractivity contribution in [2.24, 2.45) is 0 Å². The lowest BCUT2D eigenvalue weighted by molar-refractivity contribution is -0.118. The van der Waals surface area contributed by atoms with Crippen LogP contribution in [0.4, 0.5) is 0 Å². The first kappa shape index (κ1) is 19.2. The van der Waals surface area contributed by atoms with Gasteiger partial charge in [-0.1, -0.05) is 6.07 Å². The van der Waals surface area contributed by atoms with E-state index in [1.807, 2.05) is 42.5 Å². The van der Waals surface area contributed by atoms with E-state index in [9.17, 15) is 4.79 Å². The Bertz CT molecular complexity index is 987. The van der Waals surface area contributed by atoms with Crippen LogP contribution in [0.3, 0.4) is 0 Å². The molecule has 0 spiro atoms. The number of rotatable bonds is 8. The molecule has 0 bridgehead atoms. The number of carbonyl (C=O) groups is 1. The first-order chi connectivity index (χ1) is 14.2. The molecule has 0 saturated heterocycles. The van der Waals surface area contributed by atoms with Crippen molar-refractivity contribution in [3.05, 3.63) is 60.0 Å². The Morgan fingerprint density at radius 2 is 2.00 bits per heavy atom. The number of methoxy groups -OCH3 is 1. The molecule has 150 valence electrons. The van der Waals surface area contributed by atoms with Crippen LogP contribution < -0.4 is 19.5 Å². The van der Waals surface area contributed by atoms with E-state index in [1.54, 1.807) is 13.4 Å². The minimum absolute atomic E-state index is 0.0356. The molecule has 1 aliphatic rings. The van der Waals surface area contributed by atoms with Crippen LogP contribution in [0.15, 0.2) is 53.1 Å². The predicted octanol–water partition coefficient (Wildman–Crippen LogP) is 3.63.